The molecule has 0 aliphatic carbocycles. The average Bonchev–Trinajstić information content (AvgIpc) is 2.92. The minimum absolute atomic E-state index is 0.0621. The fourth-order valence-electron chi connectivity index (χ4n) is 4.68. The molecule has 0 radical (unpaired) electrons. The van der Waals surface area contributed by atoms with Crippen molar-refractivity contribution in [1.82, 2.24) is 9.62 Å². The minimum atomic E-state index is -3.95. The van der Waals surface area contributed by atoms with Crippen molar-refractivity contribution >= 4 is 21.8 Å². The van der Waals surface area contributed by atoms with E-state index in [9.17, 15) is 13.2 Å². The van der Waals surface area contributed by atoms with Crippen molar-refractivity contribution in [2.24, 2.45) is 10.9 Å². The van der Waals surface area contributed by atoms with E-state index in [1.165, 1.54) is 17.7 Å². The van der Waals surface area contributed by atoms with Crippen LogP contribution >= 0.6 is 0 Å². The van der Waals surface area contributed by atoms with Crippen molar-refractivity contribution in [3.8, 4) is 0 Å². The molecule has 1 aliphatic heterocycles. The lowest BCUT2D eigenvalue weighted by molar-refractivity contribution is -0.134. The molecule has 8 nitrogen and oxygen atoms in total. The number of sulfonamides is 1. The molecule has 194 valence electrons. The van der Waals surface area contributed by atoms with Gasteiger partial charge in [0.2, 0.25) is 15.9 Å². The number of amidine groups is 1. The number of hydrogen-bond donors (Lipinski definition) is 3. The molecule has 37 heavy (non-hydrogen) atoms. The Labute approximate surface area is 217 Å². The van der Waals surface area contributed by atoms with Crippen LogP contribution in [0.15, 0.2) is 88.9 Å². The van der Waals surface area contributed by atoms with Crippen LogP contribution in [0.2, 0.25) is 0 Å². The molecule has 1 saturated heterocycles. The van der Waals surface area contributed by atoms with Crippen LogP contribution < -0.4 is 10.5 Å². The van der Waals surface area contributed by atoms with Gasteiger partial charge in [-0.3, -0.25) is 4.79 Å². The summed E-state index contributed by atoms with van der Waals surface area (Å²) >= 11 is 0. The highest BCUT2D eigenvalue weighted by atomic mass is 32.2. The zero-order valence-corrected chi connectivity index (χ0v) is 21.6. The molecule has 1 aliphatic rings. The molecule has 3 aromatic rings. The highest BCUT2D eigenvalue weighted by Gasteiger charge is 2.32. The predicted molar refractivity (Wildman–Crippen MR) is 143 cm³/mol. The number of rotatable bonds is 8. The Kier molecular flexibility index (Phi) is 8.25. The van der Waals surface area contributed by atoms with E-state index in [-0.39, 0.29) is 23.1 Å². The van der Waals surface area contributed by atoms with Gasteiger partial charge in [-0.2, -0.15) is 4.72 Å². The summed E-state index contributed by atoms with van der Waals surface area (Å²) in [4.78, 5) is 15.5. The Bertz CT molecular complexity index is 1350. The lowest BCUT2D eigenvalue weighted by Crippen LogP contribution is -2.51. The van der Waals surface area contributed by atoms with Gasteiger partial charge >= 0.3 is 0 Å². The molecule has 3 aromatic carbocycles. The van der Waals surface area contributed by atoms with Gasteiger partial charge in [0, 0.05) is 18.7 Å². The summed E-state index contributed by atoms with van der Waals surface area (Å²) in [5.74, 6) is 0.0368. The summed E-state index contributed by atoms with van der Waals surface area (Å²) in [6.45, 7) is 2.97. The average molecular weight is 521 g/mol. The fraction of sp³-hybridized carbons (Fsp3) is 0.286. The number of oxime groups is 1. The van der Waals surface area contributed by atoms with E-state index < -0.39 is 16.1 Å². The third-order valence-electron chi connectivity index (χ3n) is 6.77. The molecule has 4 rings (SSSR count). The molecule has 1 amide bonds. The number of benzene rings is 3. The van der Waals surface area contributed by atoms with Crippen molar-refractivity contribution in [1.29, 1.82) is 0 Å². The van der Waals surface area contributed by atoms with Gasteiger partial charge < -0.3 is 15.8 Å². The van der Waals surface area contributed by atoms with Crippen LogP contribution in [0.3, 0.4) is 0 Å². The molecule has 1 unspecified atom stereocenters. The van der Waals surface area contributed by atoms with Crippen LogP contribution in [0.4, 0.5) is 0 Å². The molecule has 0 bridgehead atoms. The Morgan fingerprint density at radius 3 is 2.38 bits per heavy atom. The van der Waals surface area contributed by atoms with Crippen LogP contribution in [-0.4, -0.2) is 49.4 Å². The quantitative estimate of drug-likeness (QED) is 0.182. The van der Waals surface area contributed by atoms with Gasteiger partial charge in [0.05, 0.1) is 4.90 Å². The van der Waals surface area contributed by atoms with E-state index in [1.54, 1.807) is 41.3 Å². The second kappa shape index (κ2) is 11.6. The van der Waals surface area contributed by atoms with Crippen molar-refractivity contribution in [3.63, 3.8) is 0 Å². The number of piperidine rings is 1. The van der Waals surface area contributed by atoms with Crippen molar-refractivity contribution in [2.75, 3.05) is 13.1 Å². The summed E-state index contributed by atoms with van der Waals surface area (Å²) in [5.41, 5.74) is 9.10. The lowest BCUT2D eigenvalue weighted by atomic mass is 9.89. The Balaban J connectivity index is 1.56. The topological polar surface area (TPSA) is 125 Å². The van der Waals surface area contributed by atoms with E-state index in [1.807, 2.05) is 25.1 Å². The molecule has 0 saturated carbocycles. The van der Waals surface area contributed by atoms with E-state index >= 15 is 0 Å². The van der Waals surface area contributed by atoms with Crippen molar-refractivity contribution in [2.45, 2.75) is 43.0 Å². The van der Waals surface area contributed by atoms with Crippen LogP contribution in [0.25, 0.3) is 0 Å². The number of likely N-dealkylation sites (tertiary alicyclic amines) is 1. The smallest absolute Gasteiger partial charge is 0.241 e. The van der Waals surface area contributed by atoms with Crippen LogP contribution in [0, 0.1) is 6.92 Å². The third kappa shape index (κ3) is 6.55. The summed E-state index contributed by atoms with van der Waals surface area (Å²) in [7, 11) is -3.95. The summed E-state index contributed by atoms with van der Waals surface area (Å²) in [6, 6.07) is 22.6. The van der Waals surface area contributed by atoms with Crippen molar-refractivity contribution < 1.29 is 18.4 Å². The summed E-state index contributed by atoms with van der Waals surface area (Å²) in [6.07, 6.45) is 1.74. The number of nitrogens with zero attached hydrogens (tertiary/aromatic N) is 2. The molecule has 0 aromatic heterocycles. The molecular formula is C28H32N4O4S. The Morgan fingerprint density at radius 1 is 1.05 bits per heavy atom. The van der Waals surface area contributed by atoms with Gasteiger partial charge in [-0.15, -0.1) is 0 Å². The maximum absolute atomic E-state index is 13.7. The van der Waals surface area contributed by atoms with Crippen LogP contribution in [-0.2, 0) is 21.2 Å². The zero-order chi connectivity index (χ0) is 26.4. The standard InChI is InChI=1S/C28H32N4O4S/c1-20-10-12-25(13-11-20)37(35,36)31-26(19-21-6-5-9-24(18-21)27(29)30-34)28(33)32-16-14-23(15-17-32)22-7-3-2-4-8-22/h2-13,18,23,26,31,34H,14-17,19H2,1H3,(H2,29,30). The number of aryl methyl sites for hydroxylation is 1. The maximum atomic E-state index is 13.7. The van der Waals surface area contributed by atoms with Gasteiger partial charge in [0.15, 0.2) is 5.84 Å². The number of nitrogens with one attached hydrogen (secondary N) is 1. The van der Waals surface area contributed by atoms with Crippen LogP contribution in [0.1, 0.15) is 41.0 Å². The fourth-order valence-corrected chi connectivity index (χ4v) is 5.87. The first-order valence-electron chi connectivity index (χ1n) is 12.3. The van der Waals surface area contributed by atoms with Gasteiger partial charge in [-0.1, -0.05) is 71.4 Å². The van der Waals surface area contributed by atoms with E-state index in [2.05, 4.69) is 22.0 Å². The largest absolute Gasteiger partial charge is 0.409 e. The molecule has 1 heterocycles. The SMILES string of the molecule is Cc1ccc(S(=O)(=O)NC(Cc2cccc(C(N)=NO)c2)C(=O)N2CCC(c3ccccc3)CC2)cc1. The number of carbonyl (C=O) groups excluding carboxylic acids is 1. The van der Waals surface area contributed by atoms with Gasteiger partial charge in [-0.05, 0) is 61.4 Å². The number of hydrogen-bond acceptors (Lipinski definition) is 5. The Hall–Kier alpha value is -3.69. The van der Waals surface area contributed by atoms with E-state index in [4.69, 9.17) is 10.9 Å². The normalized spacial score (nSPS) is 15.9. The summed E-state index contributed by atoms with van der Waals surface area (Å²) in [5, 5.41) is 12.1. The van der Waals surface area contributed by atoms with Gasteiger partial charge in [0.25, 0.3) is 0 Å². The van der Waals surface area contributed by atoms with E-state index in [0.29, 0.717) is 30.1 Å². The number of amides is 1. The summed E-state index contributed by atoms with van der Waals surface area (Å²) < 4.78 is 29.1. The second-order valence-electron chi connectivity index (χ2n) is 9.39. The van der Waals surface area contributed by atoms with Crippen LogP contribution in [0.5, 0.6) is 0 Å². The Morgan fingerprint density at radius 2 is 1.73 bits per heavy atom. The third-order valence-corrected chi connectivity index (χ3v) is 8.26. The molecular weight excluding hydrogens is 488 g/mol. The minimum Gasteiger partial charge on any atom is -0.409 e. The van der Waals surface area contributed by atoms with Crippen molar-refractivity contribution in [3.05, 3.63) is 101 Å². The monoisotopic (exact) mass is 520 g/mol. The maximum Gasteiger partial charge on any atom is 0.241 e. The van der Waals surface area contributed by atoms with E-state index in [0.717, 1.165) is 18.4 Å². The second-order valence-corrected chi connectivity index (χ2v) is 11.1. The number of nitrogens with two attached hydrogens (primary N) is 1. The van der Waals surface area contributed by atoms with Gasteiger partial charge in [-0.25, -0.2) is 8.42 Å². The highest BCUT2D eigenvalue weighted by Crippen LogP contribution is 2.28. The number of carbonyl (C=O) groups is 1. The molecule has 9 heteroatoms. The highest BCUT2D eigenvalue weighted by molar-refractivity contribution is 7.89. The lowest BCUT2D eigenvalue weighted by Gasteiger charge is -2.34. The first-order valence-corrected chi connectivity index (χ1v) is 13.7. The molecule has 4 N–H and O–H groups in total. The molecule has 1 atom stereocenters. The molecule has 0 spiro atoms. The first-order chi connectivity index (χ1) is 17.8. The van der Waals surface area contributed by atoms with Gasteiger partial charge in [0.1, 0.15) is 6.04 Å². The molecule has 1 fully saturated rings. The first kappa shape index (κ1) is 26.4. The zero-order valence-electron chi connectivity index (χ0n) is 20.7. The predicted octanol–water partition coefficient (Wildman–Crippen LogP) is 3.39.